The zero-order valence-electron chi connectivity index (χ0n) is 10.2. The molecule has 0 spiro atoms. The lowest BCUT2D eigenvalue weighted by molar-refractivity contribution is 0.117. The molecule has 2 heteroatoms. The van der Waals surface area contributed by atoms with Gasteiger partial charge in [0.2, 0.25) is 0 Å². The lowest BCUT2D eigenvalue weighted by Gasteiger charge is -2.19. The number of hydrogen-bond donors (Lipinski definition) is 1. The molecule has 2 rings (SSSR count). The third kappa shape index (κ3) is 2.18. The van der Waals surface area contributed by atoms with Gasteiger partial charge in [0.1, 0.15) is 5.82 Å². The predicted molar refractivity (Wildman–Crippen MR) is 68.3 cm³/mol. The predicted octanol–water partition coefficient (Wildman–Crippen LogP) is 4.06. The summed E-state index contributed by atoms with van der Waals surface area (Å²) in [6.07, 6.45) is 0.359. The van der Waals surface area contributed by atoms with E-state index in [1.54, 1.807) is 12.1 Å². The SMILES string of the molecule is CCC(C)C(O)c1ccc(F)c2ccccc12. The Kier molecular flexibility index (Phi) is 3.43. The summed E-state index contributed by atoms with van der Waals surface area (Å²) < 4.78 is 13.6. The quantitative estimate of drug-likeness (QED) is 0.846. The third-order valence-corrected chi connectivity index (χ3v) is 3.41. The fourth-order valence-corrected chi connectivity index (χ4v) is 2.07. The summed E-state index contributed by atoms with van der Waals surface area (Å²) >= 11 is 0. The maximum absolute atomic E-state index is 13.6. The largest absolute Gasteiger partial charge is 0.388 e. The Hall–Kier alpha value is -1.41. The van der Waals surface area contributed by atoms with Crippen molar-refractivity contribution in [3.63, 3.8) is 0 Å². The van der Waals surface area contributed by atoms with Crippen LogP contribution < -0.4 is 0 Å². The highest BCUT2D eigenvalue weighted by Gasteiger charge is 2.17. The molecule has 0 saturated carbocycles. The van der Waals surface area contributed by atoms with Crippen molar-refractivity contribution >= 4 is 10.8 Å². The van der Waals surface area contributed by atoms with Crippen LogP contribution in [0.4, 0.5) is 4.39 Å². The summed E-state index contributed by atoms with van der Waals surface area (Å²) in [6.45, 7) is 4.04. The first-order valence-corrected chi connectivity index (χ1v) is 6.00. The zero-order chi connectivity index (χ0) is 12.4. The van der Waals surface area contributed by atoms with E-state index in [-0.39, 0.29) is 11.7 Å². The lowest BCUT2D eigenvalue weighted by atomic mass is 9.91. The van der Waals surface area contributed by atoms with E-state index in [4.69, 9.17) is 0 Å². The zero-order valence-corrected chi connectivity index (χ0v) is 10.2. The van der Waals surface area contributed by atoms with Crippen LogP contribution in [0.2, 0.25) is 0 Å². The minimum Gasteiger partial charge on any atom is -0.388 e. The van der Waals surface area contributed by atoms with Gasteiger partial charge in [-0.05, 0) is 22.9 Å². The number of aliphatic hydroxyl groups excluding tert-OH is 1. The van der Waals surface area contributed by atoms with Crippen molar-refractivity contribution in [2.24, 2.45) is 5.92 Å². The Morgan fingerprint density at radius 1 is 1.12 bits per heavy atom. The average molecular weight is 232 g/mol. The fraction of sp³-hybridized carbons (Fsp3) is 0.333. The standard InChI is InChI=1S/C15H17FO/c1-3-10(2)15(17)13-8-9-14(16)12-7-5-4-6-11(12)13/h4-10,15,17H,3H2,1-2H3. The molecule has 0 saturated heterocycles. The van der Waals surface area contributed by atoms with Crippen LogP contribution in [0.1, 0.15) is 31.9 Å². The van der Waals surface area contributed by atoms with Gasteiger partial charge in [-0.3, -0.25) is 0 Å². The maximum atomic E-state index is 13.6. The monoisotopic (exact) mass is 232 g/mol. The van der Waals surface area contributed by atoms with Crippen LogP contribution in [0.15, 0.2) is 36.4 Å². The van der Waals surface area contributed by atoms with Gasteiger partial charge in [-0.1, -0.05) is 50.6 Å². The highest BCUT2D eigenvalue weighted by Crippen LogP contribution is 2.31. The molecule has 2 aromatic rings. The highest BCUT2D eigenvalue weighted by molar-refractivity contribution is 5.86. The van der Waals surface area contributed by atoms with Gasteiger partial charge in [-0.2, -0.15) is 0 Å². The molecule has 0 amide bonds. The van der Waals surface area contributed by atoms with Crippen LogP contribution in [0, 0.1) is 11.7 Å². The molecule has 0 aromatic heterocycles. The van der Waals surface area contributed by atoms with E-state index < -0.39 is 6.10 Å². The smallest absolute Gasteiger partial charge is 0.131 e. The van der Waals surface area contributed by atoms with Gasteiger partial charge in [-0.25, -0.2) is 4.39 Å². The molecule has 2 unspecified atom stereocenters. The molecule has 0 heterocycles. The minimum absolute atomic E-state index is 0.170. The molecule has 0 bridgehead atoms. The Labute approximate surface area is 101 Å². The van der Waals surface area contributed by atoms with E-state index in [1.807, 2.05) is 32.0 Å². The summed E-state index contributed by atoms with van der Waals surface area (Å²) in [6, 6.07) is 10.4. The third-order valence-electron chi connectivity index (χ3n) is 3.41. The van der Waals surface area contributed by atoms with Crippen molar-refractivity contribution in [2.45, 2.75) is 26.4 Å². The van der Waals surface area contributed by atoms with E-state index in [2.05, 4.69) is 0 Å². The van der Waals surface area contributed by atoms with Gasteiger partial charge < -0.3 is 5.11 Å². The molecular weight excluding hydrogens is 215 g/mol. The van der Waals surface area contributed by atoms with Crippen molar-refractivity contribution in [1.82, 2.24) is 0 Å². The first-order chi connectivity index (χ1) is 8.15. The molecule has 2 aromatic carbocycles. The second-order valence-corrected chi connectivity index (χ2v) is 4.51. The van der Waals surface area contributed by atoms with Crippen molar-refractivity contribution in [3.8, 4) is 0 Å². The van der Waals surface area contributed by atoms with Crippen LogP contribution >= 0.6 is 0 Å². The van der Waals surface area contributed by atoms with Crippen LogP contribution in [0.25, 0.3) is 10.8 Å². The number of hydrogen-bond acceptors (Lipinski definition) is 1. The van der Waals surface area contributed by atoms with Gasteiger partial charge in [0.05, 0.1) is 6.10 Å². The fourth-order valence-electron chi connectivity index (χ4n) is 2.07. The molecule has 0 radical (unpaired) electrons. The van der Waals surface area contributed by atoms with E-state index in [0.717, 1.165) is 17.4 Å². The highest BCUT2D eigenvalue weighted by atomic mass is 19.1. The second kappa shape index (κ2) is 4.84. The van der Waals surface area contributed by atoms with Gasteiger partial charge in [0, 0.05) is 5.39 Å². The summed E-state index contributed by atoms with van der Waals surface area (Å²) in [4.78, 5) is 0. The van der Waals surface area contributed by atoms with E-state index in [9.17, 15) is 9.50 Å². The maximum Gasteiger partial charge on any atom is 0.131 e. The topological polar surface area (TPSA) is 20.2 Å². The first-order valence-electron chi connectivity index (χ1n) is 6.00. The second-order valence-electron chi connectivity index (χ2n) is 4.51. The van der Waals surface area contributed by atoms with E-state index >= 15 is 0 Å². The number of aliphatic hydroxyl groups is 1. The number of fused-ring (bicyclic) bond motifs is 1. The molecule has 0 aliphatic carbocycles. The molecule has 0 fully saturated rings. The number of benzene rings is 2. The van der Waals surface area contributed by atoms with Gasteiger partial charge in [0.25, 0.3) is 0 Å². The Balaban J connectivity index is 2.59. The lowest BCUT2D eigenvalue weighted by Crippen LogP contribution is -2.08. The summed E-state index contributed by atoms with van der Waals surface area (Å²) in [5.41, 5.74) is 0.816. The number of rotatable bonds is 3. The molecule has 2 atom stereocenters. The molecule has 17 heavy (non-hydrogen) atoms. The summed E-state index contributed by atoms with van der Waals surface area (Å²) in [5.74, 6) is -0.0652. The van der Waals surface area contributed by atoms with Gasteiger partial charge in [-0.15, -0.1) is 0 Å². The molecule has 90 valence electrons. The molecule has 1 N–H and O–H groups in total. The first kappa shape index (κ1) is 12.1. The Bertz CT molecular complexity index is 521. The normalized spacial score (nSPS) is 14.8. The van der Waals surface area contributed by atoms with E-state index in [0.29, 0.717) is 5.39 Å². The minimum atomic E-state index is -0.537. The Morgan fingerprint density at radius 3 is 2.41 bits per heavy atom. The van der Waals surface area contributed by atoms with Crippen molar-refractivity contribution in [3.05, 3.63) is 47.8 Å². The van der Waals surface area contributed by atoms with Crippen LogP contribution in [0.5, 0.6) is 0 Å². The van der Waals surface area contributed by atoms with Crippen LogP contribution in [0.3, 0.4) is 0 Å². The summed E-state index contributed by atoms with van der Waals surface area (Å²) in [7, 11) is 0. The average Bonchev–Trinajstić information content (AvgIpc) is 2.38. The molecule has 0 aliphatic rings. The van der Waals surface area contributed by atoms with Crippen molar-refractivity contribution in [2.75, 3.05) is 0 Å². The van der Waals surface area contributed by atoms with Crippen LogP contribution in [-0.4, -0.2) is 5.11 Å². The van der Waals surface area contributed by atoms with Gasteiger partial charge >= 0.3 is 0 Å². The Morgan fingerprint density at radius 2 is 1.76 bits per heavy atom. The number of halogens is 1. The molecule has 1 nitrogen and oxygen atoms in total. The van der Waals surface area contributed by atoms with Crippen LogP contribution in [-0.2, 0) is 0 Å². The van der Waals surface area contributed by atoms with Crippen molar-refractivity contribution < 1.29 is 9.50 Å². The van der Waals surface area contributed by atoms with E-state index in [1.165, 1.54) is 6.07 Å². The van der Waals surface area contributed by atoms with Crippen molar-refractivity contribution in [1.29, 1.82) is 0 Å². The molecular formula is C15H17FO. The summed E-state index contributed by atoms with van der Waals surface area (Å²) in [5, 5.41) is 11.6. The molecule has 0 aliphatic heterocycles. The van der Waals surface area contributed by atoms with Gasteiger partial charge in [0.15, 0.2) is 0 Å².